The molecule has 3 N–H and O–H groups in total. The van der Waals surface area contributed by atoms with Gasteiger partial charge in [0.2, 0.25) is 0 Å². The van der Waals surface area contributed by atoms with E-state index in [0.29, 0.717) is 18.1 Å². The number of guanidine groups is 1. The number of halogens is 2. The fourth-order valence-corrected chi connectivity index (χ4v) is 1.47. The summed E-state index contributed by atoms with van der Waals surface area (Å²) in [6, 6.07) is 4.19. The van der Waals surface area contributed by atoms with Crippen molar-refractivity contribution in [1.82, 2.24) is 4.90 Å². The van der Waals surface area contributed by atoms with Crippen molar-refractivity contribution in [2.75, 3.05) is 13.1 Å². The maximum Gasteiger partial charge on any atom is 0.191 e. The first kappa shape index (κ1) is 16.9. The molecular formula is C12H19FIN3O. The lowest BCUT2D eigenvalue weighted by molar-refractivity contribution is 0.431. The van der Waals surface area contributed by atoms with Crippen molar-refractivity contribution in [2.45, 2.75) is 20.4 Å². The Morgan fingerprint density at radius 3 is 2.50 bits per heavy atom. The molecule has 0 bridgehead atoms. The summed E-state index contributed by atoms with van der Waals surface area (Å²) in [7, 11) is 0. The SMILES string of the molecule is CCN(CC)C(N)=NCc1ccc(O)c(F)c1.I. The molecule has 0 aliphatic heterocycles. The highest BCUT2D eigenvalue weighted by atomic mass is 127. The van der Waals surface area contributed by atoms with E-state index < -0.39 is 5.82 Å². The zero-order valence-corrected chi connectivity index (χ0v) is 12.9. The van der Waals surface area contributed by atoms with Crippen LogP contribution in [0.1, 0.15) is 19.4 Å². The van der Waals surface area contributed by atoms with Gasteiger partial charge in [0.1, 0.15) is 0 Å². The van der Waals surface area contributed by atoms with Crippen LogP contribution < -0.4 is 5.73 Å². The molecule has 0 unspecified atom stereocenters. The Balaban J connectivity index is 0.00000289. The van der Waals surface area contributed by atoms with E-state index in [4.69, 9.17) is 10.8 Å². The Morgan fingerprint density at radius 2 is 2.00 bits per heavy atom. The number of nitrogens with two attached hydrogens (primary N) is 1. The van der Waals surface area contributed by atoms with Gasteiger partial charge in [0.15, 0.2) is 17.5 Å². The van der Waals surface area contributed by atoms with Gasteiger partial charge in [0.25, 0.3) is 0 Å². The standard InChI is InChI=1S/C12H18FN3O.HI/c1-3-16(4-2)12(14)15-8-9-5-6-11(17)10(13)7-9;/h5-7,17H,3-4,8H2,1-2H3,(H2,14,15);1H. The summed E-state index contributed by atoms with van der Waals surface area (Å²) in [5, 5.41) is 9.04. The van der Waals surface area contributed by atoms with Crippen LogP contribution in [0.3, 0.4) is 0 Å². The van der Waals surface area contributed by atoms with Crippen molar-refractivity contribution in [3.63, 3.8) is 0 Å². The van der Waals surface area contributed by atoms with Gasteiger partial charge in [-0.05, 0) is 31.5 Å². The summed E-state index contributed by atoms with van der Waals surface area (Å²) in [6.45, 7) is 5.86. The number of rotatable bonds is 4. The topological polar surface area (TPSA) is 61.8 Å². The lowest BCUT2D eigenvalue weighted by Crippen LogP contribution is -2.37. The van der Waals surface area contributed by atoms with Crippen LogP contribution in [0.5, 0.6) is 5.75 Å². The van der Waals surface area contributed by atoms with Crippen LogP contribution in [-0.2, 0) is 6.54 Å². The van der Waals surface area contributed by atoms with E-state index in [1.165, 1.54) is 12.1 Å². The molecule has 6 heteroatoms. The van der Waals surface area contributed by atoms with E-state index >= 15 is 0 Å². The van der Waals surface area contributed by atoms with Gasteiger partial charge in [0.05, 0.1) is 6.54 Å². The van der Waals surface area contributed by atoms with Crippen molar-refractivity contribution < 1.29 is 9.50 Å². The molecule has 0 amide bonds. The Bertz CT molecular complexity index is 408. The van der Waals surface area contributed by atoms with E-state index in [1.54, 1.807) is 6.07 Å². The first-order valence-electron chi connectivity index (χ1n) is 5.60. The lowest BCUT2D eigenvalue weighted by atomic mass is 10.2. The van der Waals surface area contributed by atoms with Gasteiger partial charge in [-0.1, -0.05) is 6.07 Å². The Kier molecular flexibility index (Phi) is 7.65. The Morgan fingerprint density at radius 1 is 1.39 bits per heavy atom. The second-order valence-corrected chi connectivity index (χ2v) is 3.63. The van der Waals surface area contributed by atoms with Crippen LogP contribution in [0, 0.1) is 5.82 Å². The molecule has 102 valence electrons. The normalized spacial score (nSPS) is 10.9. The molecule has 0 aliphatic rings. The van der Waals surface area contributed by atoms with Gasteiger partial charge >= 0.3 is 0 Å². The number of hydrogen-bond acceptors (Lipinski definition) is 2. The number of hydrogen-bond donors (Lipinski definition) is 2. The molecule has 1 rings (SSSR count). The van der Waals surface area contributed by atoms with Crippen LogP contribution in [-0.4, -0.2) is 29.1 Å². The largest absolute Gasteiger partial charge is 0.505 e. The van der Waals surface area contributed by atoms with E-state index in [-0.39, 0.29) is 29.7 Å². The van der Waals surface area contributed by atoms with Gasteiger partial charge in [-0.3, -0.25) is 0 Å². The fourth-order valence-electron chi connectivity index (χ4n) is 1.47. The molecule has 0 aromatic heterocycles. The molecule has 1 aromatic carbocycles. The van der Waals surface area contributed by atoms with Gasteiger partial charge in [-0.2, -0.15) is 0 Å². The Hall–Kier alpha value is -1.05. The third kappa shape index (κ3) is 4.67. The minimum absolute atomic E-state index is 0. The molecule has 0 saturated carbocycles. The second-order valence-electron chi connectivity index (χ2n) is 3.63. The number of aliphatic imine (C=N–C) groups is 1. The van der Waals surface area contributed by atoms with Crippen LogP contribution in [0.15, 0.2) is 23.2 Å². The van der Waals surface area contributed by atoms with Gasteiger partial charge in [-0.15, -0.1) is 24.0 Å². The highest BCUT2D eigenvalue weighted by molar-refractivity contribution is 14.0. The summed E-state index contributed by atoms with van der Waals surface area (Å²) in [4.78, 5) is 6.09. The summed E-state index contributed by atoms with van der Waals surface area (Å²) in [5.41, 5.74) is 6.46. The molecule has 1 aromatic rings. The number of aromatic hydroxyl groups is 1. The predicted octanol–water partition coefficient (Wildman–Crippen LogP) is 2.31. The number of phenolic OH excluding ortho intramolecular Hbond substituents is 1. The smallest absolute Gasteiger partial charge is 0.191 e. The summed E-state index contributed by atoms with van der Waals surface area (Å²) in [5.74, 6) is -0.544. The molecule has 0 heterocycles. The second kappa shape index (κ2) is 8.12. The molecule has 0 atom stereocenters. The molecule has 0 fully saturated rings. The third-order valence-electron chi connectivity index (χ3n) is 2.52. The molecule has 0 aliphatic carbocycles. The Labute approximate surface area is 124 Å². The molecule has 4 nitrogen and oxygen atoms in total. The van der Waals surface area contributed by atoms with E-state index in [2.05, 4.69) is 4.99 Å². The van der Waals surface area contributed by atoms with Crippen molar-refractivity contribution in [2.24, 2.45) is 10.7 Å². The quantitative estimate of drug-likeness (QED) is 0.488. The van der Waals surface area contributed by atoms with Crippen molar-refractivity contribution in [1.29, 1.82) is 0 Å². The maximum atomic E-state index is 13.1. The first-order valence-corrected chi connectivity index (χ1v) is 5.60. The molecule has 0 spiro atoms. The summed E-state index contributed by atoms with van der Waals surface area (Å²) >= 11 is 0. The van der Waals surface area contributed by atoms with Crippen LogP contribution in [0.2, 0.25) is 0 Å². The number of benzene rings is 1. The molecule has 0 saturated heterocycles. The first-order chi connectivity index (χ1) is 8.08. The summed E-state index contributed by atoms with van der Waals surface area (Å²) in [6.07, 6.45) is 0. The number of nitrogens with zero attached hydrogens (tertiary/aromatic N) is 2. The van der Waals surface area contributed by atoms with Crippen LogP contribution >= 0.6 is 24.0 Å². The highest BCUT2D eigenvalue weighted by Crippen LogP contribution is 2.16. The minimum Gasteiger partial charge on any atom is -0.505 e. The molecular weight excluding hydrogens is 348 g/mol. The monoisotopic (exact) mass is 367 g/mol. The lowest BCUT2D eigenvalue weighted by Gasteiger charge is -2.19. The third-order valence-corrected chi connectivity index (χ3v) is 2.52. The zero-order valence-electron chi connectivity index (χ0n) is 10.6. The van der Waals surface area contributed by atoms with Crippen molar-refractivity contribution in [3.05, 3.63) is 29.6 Å². The summed E-state index contributed by atoms with van der Waals surface area (Å²) < 4.78 is 13.1. The van der Waals surface area contributed by atoms with Gasteiger partial charge in [-0.25, -0.2) is 9.38 Å². The van der Waals surface area contributed by atoms with E-state index in [1.807, 2.05) is 18.7 Å². The average Bonchev–Trinajstić information content (AvgIpc) is 2.32. The average molecular weight is 367 g/mol. The molecule has 0 radical (unpaired) electrons. The van der Waals surface area contributed by atoms with Gasteiger partial charge < -0.3 is 15.7 Å². The predicted molar refractivity (Wildman–Crippen MR) is 81.7 cm³/mol. The highest BCUT2D eigenvalue weighted by Gasteiger charge is 2.03. The molecule has 18 heavy (non-hydrogen) atoms. The van der Waals surface area contributed by atoms with E-state index in [9.17, 15) is 4.39 Å². The van der Waals surface area contributed by atoms with E-state index in [0.717, 1.165) is 13.1 Å². The van der Waals surface area contributed by atoms with Crippen LogP contribution in [0.25, 0.3) is 0 Å². The van der Waals surface area contributed by atoms with Crippen molar-refractivity contribution in [3.8, 4) is 5.75 Å². The zero-order chi connectivity index (χ0) is 12.8. The minimum atomic E-state index is -0.640. The maximum absolute atomic E-state index is 13.1. The fraction of sp³-hybridized carbons (Fsp3) is 0.417. The van der Waals surface area contributed by atoms with Crippen molar-refractivity contribution >= 4 is 29.9 Å². The van der Waals surface area contributed by atoms with Crippen LogP contribution in [0.4, 0.5) is 4.39 Å². The van der Waals surface area contributed by atoms with Gasteiger partial charge in [0, 0.05) is 13.1 Å². The number of phenols is 1.